The van der Waals surface area contributed by atoms with Gasteiger partial charge in [0.25, 0.3) is 0 Å². The third kappa shape index (κ3) is 5.67. The van der Waals surface area contributed by atoms with Crippen LogP contribution in [0.4, 0.5) is 9.18 Å². The number of carbonyl (C=O) groups excluding carboxylic acids is 1. The summed E-state index contributed by atoms with van der Waals surface area (Å²) in [5, 5.41) is 3.17. The Hall–Kier alpha value is -0.840. The molecule has 1 amide bonds. The van der Waals surface area contributed by atoms with Crippen molar-refractivity contribution in [3.63, 3.8) is 0 Å². The molecule has 1 heterocycles. The van der Waals surface area contributed by atoms with Crippen LogP contribution in [-0.2, 0) is 4.74 Å². The molecule has 0 spiro atoms. The fraction of sp³-hybridized carbons (Fsp3) is 0.923. The number of hydrogen-bond donors (Lipinski definition) is 1. The predicted octanol–water partition coefficient (Wildman–Crippen LogP) is 2.33. The first kappa shape index (κ1) is 15.2. The summed E-state index contributed by atoms with van der Waals surface area (Å²) >= 11 is 0. The summed E-state index contributed by atoms with van der Waals surface area (Å²) in [7, 11) is 0. The molecule has 1 atom stereocenters. The lowest BCUT2D eigenvalue weighted by Gasteiger charge is -2.33. The van der Waals surface area contributed by atoms with Gasteiger partial charge >= 0.3 is 6.09 Å². The van der Waals surface area contributed by atoms with E-state index in [-0.39, 0.29) is 6.09 Å². The van der Waals surface area contributed by atoms with Gasteiger partial charge in [-0.15, -0.1) is 0 Å². The number of amides is 1. The number of rotatable bonds is 3. The minimum Gasteiger partial charge on any atom is -0.444 e. The quantitative estimate of drug-likeness (QED) is 0.847. The van der Waals surface area contributed by atoms with Gasteiger partial charge in [-0.05, 0) is 40.5 Å². The van der Waals surface area contributed by atoms with Crippen molar-refractivity contribution < 1.29 is 13.9 Å². The van der Waals surface area contributed by atoms with Gasteiger partial charge in [0.1, 0.15) is 11.8 Å². The van der Waals surface area contributed by atoms with Crippen molar-refractivity contribution in [2.24, 2.45) is 0 Å². The van der Waals surface area contributed by atoms with E-state index < -0.39 is 11.8 Å². The van der Waals surface area contributed by atoms with Crippen molar-refractivity contribution in [1.82, 2.24) is 10.2 Å². The fourth-order valence-corrected chi connectivity index (χ4v) is 1.92. The van der Waals surface area contributed by atoms with Gasteiger partial charge in [-0.3, -0.25) is 0 Å². The van der Waals surface area contributed by atoms with Gasteiger partial charge in [0.05, 0.1) is 0 Å². The molecule has 4 nitrogen and oxygen atoms in total. The molecule has 0 saturated carbocycles. The lowest BCUT2D eigenvalue weighted by atomic mass is 10.1. The summed E-state index contributed by atoms with van der Waals surface area (Å²) in [5.74, 6) is 0. The van der Waals surface area contributed by atoms with Gasteiger partial charge in [0, 0.05) is 25.7 Å². The maximum atomic E-state index is 12.7. The van der Waals surface area contributed by atoms with E-state index in [9.17, 15) is 9.18 Å². The molecule has 0 aromatic carbocycles. The number of hydrogen-bond acceptors (Lipinski definition) is 3. The van der Waals surface area contributed by atoms with Crippen LogP contribution in [0.25, 0.3) is 0 Å². The molecular weight excluding hydrogens is 235 g/mol. The highest BCUT2D eigenvalue weighted by Gasteiger charge is 2.26. The first-order valence-electron chi connectivity index (χ1n) is 6.63. The number of likely N-dealkylation sites (tertiary alicyclic amines) is 1. The summed E-state index contributed by atoms with van der Waals surface area (Å²) in [4.78, 5) is 13.5. The van der Waals surface area contributed by atoms with Crippen molar-refractivity contribution in [2.45, 2.75) is 58.4 Å². The van der Waals surface area contributed by atoms with Crippen molar-refractivity contribution in [1.29, 1.82) is 0 Å². The second-order valence-corrected chi connectivity index (χ2v) is 5.93. The largest absolute Gasteiger partial charge is 0.444 e. The highest BCUT2D eigenvalue weighted by atomic mass is 19.1. The molecule has 1 rings (SSSR count). The van der Waals surface area contributed by atoms with E-state index in [1.54, 1.807) is 11.8 Å². The molecular formula is C13H25FN2O2. The van der Waals surface area contributed by atoms with E-state index in [4.69, 9.17) is 4.74 Å². The zero-order valence-corrected chi connectivity index (χ0v) is 11.8. The van der Waals surface area contributed by atoms with Gasteiger partial charge in [-0.1, -0.05) is 0 Å². The topological polar surface area (TPSA) is 41.6 Å². The van der Waals surface area contributed by atoms with E-state index in [0.29, 0.717) is 25.7 Å². The van der Waals surface area contributed by atoms with E-state index in [1.165, 1.54) is 0 Å². The number of carbonyl (C=O) groups is 1. The first-order valence-corrected chi connectivity index (χ1v) is 6.63. The number of nitrogens with one attached hydrogen (secondary N) is 1. The number of nitrogens with zero attached hydrogens (tertiary/aromatic N) is 1. The molecule has 0 aromatic heterocycles. The Morgan fingerprint density at radius 1 is 1.44 bits per heavy atom. The molecule has 1 aliphatic rings. The predicted molar refractivity (Wildman–Crippen MR) is 69.4 cm³/mol. The SMILES string of the molecule is CC(F)CNC1CCN(C(=O)OC(C)(C)C)CC1. The molecule has 18 heavy (non-hydrogen) atoms. The zero-order valence-electron chi connectivity index (χ0n) is 11.8. The summed E-state index contributed by atoms with van der Waals surface area (Å²) in [6, 6.07) is 0.307. The minimum absolute atomic E-state index is 0.250. The van der Waals surface area contributed by atoms with E-state index in [1.807, 2.05) is 20.8 Å². The molecule has 0 radical (unpaired) electrons. The smallest absolute Gasteiger partial charge is 0.410 e. The molecule has 1 N–H and O–H groups in total. The Kier molecular flexibility index (Phi) is 5.38. The van der Waals surface area contributed by atoms with Crippen LogP contribution < -0.4 is 5.32 Å². The van der Waals surface area contributed by atoms with Gasteiger partial charge in [0.15, 0.2) is 0 Å². The van der Waals surface area contributed by atoms with Gasteiger partial charge < -0.3 is 15.0 Å². The van der Waals surface area contributed by atoms with Gasteiger partial charge in [0.2, 0.25) is 0 Å². The summed E-state index contributed by atoms with van der Waals surface area (Å²) < 4.78 is 18.0. The average molecular weight is 260 g/mol. The monoisotopic (exact) mass is 260 g/mol. The van der Waals surface area contributed by atoms with Crippen LogP contribution in [-0.4, -0.2) is 48.4 Å². The third-order valence-electron chi connectivity index (χ3n) is 2.83. The van der Waals surface area contributed by atoms with Crippen molar-refractivity contribution >= 4 is 6.09 Å². The molecule has 5 heteroatoms. The van der Waals surface area contributed by atoms with Crippen molar-refractivity contribution in [3.8, 4) is 0 Å². The molecule has 0 bridgehead atoms. The first-order chi connectivity index (χ1) is 8.28. The van der Waals surface area contributed by atoms with Crippen LogP contribution in [0.2, 0.25) is 0 Å². The standard InChI is InChI=1S/C13H25FN2O2/c1-10(14)9-15-11-5-7-16(8-6-11)12(17)18-13(2,3)4/h10-11,15H,5-9H2,1-4H3. The molecule has 0 aromatic rings. The number of piperidine rings is 1. The average Bonchev–Trinajstić information content (AvgIpc) is 2.24. The Labute approximate surface area is 109 Å². The Balaban J connectivity index is 2.28. The molecule has 0 aliphatic carbocycles. The lowest BCUT2D eigenvalue weighted by molar-refractivity contribution is 0.0197. The minimum atomic E-state index is -0.825. The summed E-state index contributed by atoms with van der Waals surface area (Å²) in [6.07, 6.45) is 0.631. The molecule has 1 unspecified atom stereocenters. The molecule has 106 valence electrons. The Morgan fingerprint density at radius 3 is 2.44 bits per heavy atom. The van der Waals surface area contributed by atoms with E-state index in [2.05, 4.69) is 5.32 Å². The van der Waals surface area contributed by atoms with Crippen LogP contribution >= 0.6 is 0 Å². The van der Waals surface area contributed by atoms with Crippen molar-refractivity contribution in [3.05, 3.63) is 0 Å². The maximum Gasteiger partial charge on any atom is 0.410 e. The summed E-state index contributed by atoms with van der Waals surface area (Å²) in [5.41, 5.74) is -0.449. The van der Waals surface area contributed by atoms with Crippen LogP contribution in [0.3, 0.4) is 0 Å². The summed E-state index contributed by atoms with van der Waals surface area (Å²) in [6.45, 7) is 8.87. The number of halogens is 1. The molecule has 1 aliphatic heterocycles. The maximum absolute atomic E-state index is 12.7. The van der Waals surface area contributed by atoms with Crippen LogP contribution in [0.5, 0.6) is 0 Å². The second-order valence-electron chi connectivity index (χ2n) is 5.93. The van der Waals surface area contributed by atoms with E-state index >= 15 is 0 Å². The fourth-order valence-electron chi connectivity index (χ4n) is 1.92. The van der Waals surface area contributed by atoms with Crippen LogP contribution in [0.1, 0.15) is 40.5 Å². The van der Waals surface area contributed by atoms with Crippen LogP contribution in [0, 0.1) is 0 Å². The Bertz CT molecular complexity index is 269. The van der Waals surface area contributed by atoms with Crippen molar-refractivity contribution in [2.75, 3.05) is 19.6 Å². The number of alkyl halides is 1. The molecule has 1 saturated heterocycles. The number of ether oxygens (including phenoxy) is 1. The van der Waals surface area contributed by atoms with Crippen LogP contribution in [0.15, 0.2) is 0 Å². The van der Waals surface area contributed by atoms with Gasteiger partial charge in [-0.2, -0.15) is 0 Å². The zero-order chi connectivity index (χ0) is 13.8. The Morgan fingerprint density at radius 2 is 2.00 bits per heavy atom. The molecule has 1 fully saturated rings. The normalized spacial score (nSPS) is 19.7. The third-order valence-corrected chi connectivity index (χ3v) is 2.83. The highest BCUT2D eigenvalue weighted by Crippen LogP contribution is 2.15. The van der Waals surface area contributed by atoms with Gasteiger partial charge in [-0.25, -0.2) is 9.18 Å². The van der Waals surface area contributed by atoms with E-state index in [0.717, 1.165) is 12.8 Å². The lowest BCUT2D eigenvalue weighted by Crippen LogP contribution is -2.47. The second kappa shape index (κ2) is 6.36. The highest BCUT2D eigenvalue weighted by molar-refractivity contribution is 5.68.